The van der Waals surface area contributed by atoms with Gasteiger partial charge in [-0.2, -0.15) is 0 Å². The Morgan fingerprint density at radius 2 is 1.82 bits per heavy atom. The molecule has 0 spiro atoms. The van der Waals surface area contributed by atoms with E-state index in [4.69, 9.17) is 9.47 Å². The second-order valence-corrected chi connectivity index (χ2v) is 5.67. The zero-order chi connectivity index (χ0) is 16.1. The summed E-state index contributed by atoms with van der Waals surface area (Å²) >= 11 is 1.55. The van der Waals surface area contributed by atoms with Crippen LogP contribution in [0.5, 0.6) is 11.5 Å². The Morgan fingerprint density at radius 1 is 1.09 bits per heavy atom. The van der Waals surface area contributed by atoms with Crippen molar-refractivity contribution < 1.29 is 9.47 Å². The molecule has 0 saturated carbocycles. The van der Waals surface area contributed by atoms with Crippen LogP contribution in [0.4, 0.5) is 5.82 Å². The Hall–Kier alpha value is -1.95. The number of benzene rings is 1. The maximum atomic E-state index is 5.35. The molecule has 0 N–H and O–H groups in total. The highest BCUT2D eigenvalue weighted by molar-refractivity contribution is 7.98. The van der Waals surface area contributed by atoms with Gasteiger partial charge in [-0.1, -0.05) is 17.8 Å². The average molecular weight is 319 g/mol. The Labute approximate surface area is 135 Å². The Bertz CT molecular complexity index is 649. The molecule has 2 aromatic rings. The van der Waals surface area contributed by atoms with Gasteiger partial charge in [-0.15, -0.1) is 0 Å². The molecule has 0 radical (unpaired) electrons. The Balaban J connectivity index is 2.21. The quantitative estimate of drug-likeness (QED) is 0.602. The SMILES string of the molecule is COc1ccc(CN(C)c2cc(C)nc(SC)n2)cc1OC. The lowest BCUT2D eigenvalue weighted by atomic mass is 10.2. The topological polar surface area (TPSA) is 47.5 Å². The lowest BCUT2D eigenvalue weighted by Crippen LogP contribution is -2.18. The molecule has 0 aliphatic rings. The van der Waals surface area contributed by atoms with E-state index in [1.165, 1.54) is 0 Å². The van der Waals surface area contributed by atoms with Gasteiger partial charge < -0.3 is 14.4 Å². The summed E-state index contributed by atoms with van der Waals surface area (Å²) in [6, 6.07) is 7.92. The van der Waals surface area contributed by atoms with Gasteiger partial charge >= 0.3 is 0 Å². The maximum Gasteiger partial charge on any atom is 0.189 e. The van der Waals surface area contributed by atoms with Gasteiger partial charge in [0.15, 0.2) is 16.7 Å². The van der Waals surface area contributed by atoms with Crippen molar-refractivity contribution in [3.05, 3.63) is 35.5 Å². The van der Waals surface area contributed by atoms with Crippen molar-refractivity contribution in [3.8, 4) is 11.5 Å². The van der Waals surface area contributed by atoms with Crippen LogP contribution in [0, 0.1) is 6.92 Å². The molecule has 0 fully saturated rings. The highest BCUT2D eigenvalue weighted by Gasteiger charge is 2.10. The summed E-state index contributed by atoms with van der Waals surface area (Å²) < 4.78 is 10.6. The van der Waals surface area contributed by atoms with Crippen LogP contribution in [0.2, 0.25) is 0 Å². The lowest BCUT2D eigenvalue weighted by molar-refractivity contribution is 0.354. The summed E-state index contributed by atoms with van der Waals surface area (Å²) in [6.45, 7) is 2.71. The summed E-state index contributed by atoms with van der Waals surface area (Å²) in [6.07, 6.45) is 1.98. The number of aryl methyl sites for hydroxylation is 1. The summed E-state index contributed by atoms with van der Waals surface area (Å²) in [5.41, 5.74) is 2.09. The monoisotopic (exact) mass is 319 g/mol. The number of nitrogens with zero attached hydrogens (tertiary/aromatic N) is 3. The summed E-state index contributed by atoms with van der Waals surface area (Å²) in [7, 11) is 5.30. The van der Waals surface area contributed by atoms with Gasteiger partial charge in [0.2, 0.25) is 0 Å². The van der Waals surface area contributed by atoms with Crippen molar-refractivity contribution in [1.82, 2.24) is 9.97 Å². The van der Waals surface area contributed by atoms with Gasteiger partial charge in [0.05, 0.1) is 14.2 Å². The maximum absolute atomic E-state index is 5.35. The zero-order valence-corrected chi connectivity index (χ0v) is 14.4. The van der Waals surface area contributed by atoms with Crippen LogP contribution in [0.3, 0.4) is 0 Å². The third-order valence-corrected chi connectivity index (χ3v) is 3.81. The molecule has 0 saturated heterocycles. The fourth-order valence-corrected chi connectivity index (χ4v) is 2.57. The number of anilines is 1. The van der Waals surface area contributed by atoms with Crippen molar-refractivity contribution in [2.75, 3.05) is 32.4 Å². The fraction of sp³-hybridized carbons (Fsp3) is 0.375. The van der Waals surface area contributed by atoms with Gasteiger partial charge in [-0.25, -0.2) is 9.97 Å². The Kier molecular flexibility index (Phi) is 5.49. The van der Waals surface area contributed by atoms with E-state index in [2.05, 4.69) is 14.9 Å². The standard InChI is InChI=1S/C16H21N3O2S/c1-11-8-15(18-16(17-11)22-5)19(2)10-12-6-7-13(20-3)14(9-12)21-4/h6-9H,10H2,1-5H3. The van der Waals surface area contributed by atoms with E-state index in [0.29, 0.717) is 0 Å². The predicted molar refractivity (Wildman–Crippen MR) is 90.2 cm³/mol. The first kappa shape index (κ1) is 16.4. The molecule has 0 unspecified atom stereocenters. The van der Waals surface area contributed by atoms with Crippen LogP contribution >= 0.6 is 11.8 Å². The van der Waals surface area contributed by atoms with Gasteiger partial charge in [-0.05, 0) is 30.9 Å². The molecule has 1 heterocycles. The van der Waals surface area contributed by atoms with Gasteiger partial charge in [-0.3, -0.25) is 0 Å². The molecule has 0 atom stereocenters. The first-order chi connectivity index (χ1) is 10.6. The highest BCUT2D eigenvalue weighted by Crippen LogP contribution is 2.28. The molecular weight excluding hydrogens is 298 g/mol. The minimum absolute atomic E-state index is 0.727. The van der Waals surface area contributed by atoms with E-state index in [9.17, 15) is 0 Å². The van der Waals surface area contributed by atoms with Crippen LogP contribution in [0.1, 0.15) is 11.3 Å². The van der Waals surface area contributed by atoms with E-state index in [1.54, 1.807) is 26.0 Å². The van der Waals surface area contributed by atoms with Crippen molar-refractivity contribution in [3.63, 3.8) is 0 Å². The Morgan fingerprint density at radius 3 is 2.45 bits per heavy atom. The van der Waals surface area contributed by atoms with E-state index in [-0.39, 0.29) is 0 Å². The molecule has 22 heavy (non-hydrogen) atoms. The first-order valence-corrected chi connectivity index (χ1v) is 8.11. The number of hydrogen-bond acceptors (Lipinski definition) is 6. The summed E-state index contributed by atoms with van der Waals surface area (Å²) in [4.78, 5) is 11.0. The van der Waals surface area contributed by atoms with E-state index < -0.39 is 0 Å². The van der Waals surface area contributed by atoms with Crippen LogP contribution < -0.4 is 14.4 Å². The van der Waals surface area contributed by atoms with Crippen LogP contribution in [-0.2, 0) is 6.54 Å². The number of ether oxygens (including phenoxy) is 2. The third-order valence-electron chi connectivity index (χ3n) is 3.26. The largest absolute Gasteiger partial charge is 0.493 e. The number of aromatic nitrogens is 2. The molecule has 2 rings (SSSR count). The van der Waals surface area contributed by atoms with Crippen molar-refractivity contribution in [2.24, 2.45) is 0 Å². The molecule has 1 aromatic heterocycles. The molecule has 0 aliphatic carbocycles. The van der Waals surface area contributed by atoms with Gasteiger partial charge in [0.1, 0.15) is 5.82 Å². The smallest absolute Gasteiger partial charge is 0.189 e. The minimum atomic E-state index is 0.727. The second kappa shape index (κ2) is 7.35. The van der Waals surface area contributed by atoms with Crippen molar-refractivity contribution in [2.45, 2.75) is 18.6 Å². The number of rotatable bonds is 6. The second-order valence-electron chi connectivity index (χ2n) is 4.90. The molecule has 0 bridgehead atoms. The van der Waals surface area contributed by atoms with Gasteiger partial charge in [0, 0.05) is 25.4 Å². The molecule has 118 valence electrons. The summed E-state index contributed by atoms with van der Waals surface area (Å²) in [5.74, 6) is 2.38. The molecule has 0 amide bonds. The van der Waals surface area contributed by atoms with Crippen LogP contribution in [-0.4, -0.2) is 37.5 Å². The predicted octanol–water partition coefficient (Wildman–Crippen LogP) is 3.16. The molecule has 1 aromatic carbocycles. The zero-order valence-electron chi connectivity index (χ0n) is 13.6. The number of methoxy groups -OCH3 is 2. The normalized spacial score (nSPS) is 10.4. The van der Waals surface area contributed by atoms with Crippen LogP contribution in [0.25, 0.3) is 0 Å². The average Bonchev–Trinajstić information content (AvgIpc) is 2.53. The van der Waals surface area contributed by atoms with Crippen molar-refractivity contribution >= 4 is 17.6 Å². The summed E-state index contributed by atoms with van der Waals surface area (Å²) in [5, 5.41) is 0.786. The molecule has 5 nitrogen and oxygen atoms in total. The molecule has 0 aliphatic heterocycles. The molecular formula is C16H21N3O2S. The number of hydrogen-bond donors (Lipinski definition) is 0. The fourth-order valence-electron chi connectivity index (χ4n) is 2.15. The van der Waals surface area contributed by atoms with Gasteiger partial charge in [0.25, 0.3) is 0 Å². The number of thioether (sulfide) groups is 1. The first-order valence-electron chi connectivity index (χ1n) is 6.89. The molecule has 6 heteroatoms. The third kappa shape index (κ3) is 3.82. The lowest BCUT2D eigenvalue weighted by Gasteiger charge is -2.20. The van der Waals surface area contributed by atoms with E-state index >= 15 is 0 Å². The van der Waals surface area contributed by atoms with E-state index in [1.807, 2.05) is 44.5 Å². The van der Waals surface area contributed by atoms with Crippen molar-refractivity contribution in [1.29, 1.82) is 0 Å². The van der Waals surface area contributed by atoms with Crippen LogP contribution in [0.15, 0.2) is 29.4 Å². The van der Waals surface area contributed by atoms with E-state index in [0.717, 1.165) is 40.3 Å². The highest BCUT2D eigenvalue weighted by atomic mass is 32.2. The minimum Gasteiger partial charge on any atom is -0.493 e.